The number of carboxylic acids is 1. The predicted octanol–water partition coefficient (Wildman–Crippen LogP) is 6.83. The topological polar surface area (TPSA) is 84.8 Å². The molecule has 1 aliphatic rings. The maximum absolute atomic E-state index is 12.5. The normalized spacial score (nSPS) is 16.6. The monoisotopic (exact) mass is 511 g/mol. The van der Waals surface area contributed by atoms with Gasteiger partial charge in [0.2, 0.25) is 0 Å². The first kappa shape index (κ1) is 28.9. The number of aryl methyl sites for hydroxylation is 1. The van der Waals surface area contributed by atoms with Crippen molar-refractivity contribution in [3.8, 4) is 17.0 Å². The van der Waals surface area contributed by atoms with Crippen LogP contribution >= 0.6 is 0 Å². The molecular weight excluding hydrogens is 466 g/mol. The van der Waals surface area contributed by atoms with Crippen molar-refractivity contribution < 1.29 is 19.4 Å². The number of aromatic nitrogens is 2. The van der Waals surface area contributed by atoms with Crippen LogP contribution in [0.2, 0.25) is 0 Å². The second-order valence-electron chi connectivity index (χ2n) is 12.4. The molecule has 1 N–H and O–H groups in total. The molecule has 0 aromatic carbocycles. The van der Waals surface area contributed by atoms with E-state index in [0.29, 0.717) is 23.8 Å². The van der Waals surface area contributed by atoms with E-state index < -0.39 is 17.7 Å². The largest absolute Gasteiger partial charge is 0.492 e. The van der Waals surface area contributed by atoms with E-state index in [9.17, 15) is 9.90 Å². The fourth-order valence-electron chi connectivity index (χ4n) is 4.68. The number of piperidine rings is 1. The SMILES string of the molecule is Cc1ncc(-c2ccc(OCCCC(C)C)cn2)c(N2CCC(C)(C)CC2)c1[C@H](OC(C)(C)C)C(=O)O. The van der Waals surface area contributed by atoms with Gasteiger partial charge in [-0.05, 0) is 76.8 Å². The summed E-state index contributed by atoms with van der Waals surface area (Å²) in [6, 6.07) is 3.87. The molecule has 7 heteroatoms. The molecule has 0 amide bonds. The van der Waals surface area contributed by atoms with Crippen LogP contribution in [0.4, 0.5) is 5.69 Å². The van der Waals surface area contributed by atoms with Crippen LogP contribution in [0.1, 0.15) is 91.5 Å². The molecule has 0 unspecified atom stereocenters. The molecule has 1 fully saturated rings. The van der Waals surface area contributed by atoms with Crippen LogP contribution in [0, 0.1) is 18.3 Å². The number of hydrogen-bond donors (Lipinski definition) is 1. The molecular formula is C30H45N3O4. The molecule has 7 nitrogen and oxygen atoms in total. The third kappa shape index (κ3) is 7.91. The summed E-state index contributed by atoms with van der Waals surface area (Å²) < 4.78 is 12.0. The minimum atomic E-state index is -1.14. The van der Waals surface area contributed by atoms with Gasteiger partial charge in [0.15, 0.2) is 6.10 Å². The highest BCUT2D eigenvalue weighted by atomic mass is 16.5. The number of aliphatic carboxylic acids is 1. The quantitative estimate of drug-likeness (QED) is 0.350. The Kier molecular flexibility index (Phi) is 9.22. The maximum atomic E-state index is 12.5. The molecule has 2 aromatic rings. The molecule has 3 heterocycles. The van der Waals surface area contributed by atoms with Crippen molar-refractivity contribution in [1.29, 1.82) is 0 Å². The van der Waals surface area contributed by atoms with Gasteiger partial charge >= 0.3 is 5.97 Å². The second-order valence-corrected chi connectivity index (χ2v) is 12.4. The van der Waals surface area contributed by atoms with E-state index in [1.54, 1.807) is 6.20 Å². The van der Waals surface area contributed by atoms with E-state index >= 15 is 0 Å². The van der Waals surface area contributed by atoms with Gasteiger partial charge in [0.05, 0.1) is 29.8 Å². The van der Waals surface area contributed by atoms with Gasteiger partial charge in [-0.2, -0.15) is 0 Å². The lowest BCUT2D eigenvalue weighted by Crippen LogP contribution is -2.39. The number of anilines is 1. The van der Waals surface area contributed by atoms with Crippen molar-refractivity contribution in [2.75, 3.05) is 24.6 Å². The van der Waals surface area contributed by atoms with Crippen LogP contribution in [0.3, 0.4) is 0 Å². The Morgan fingerprint density at radius 1 is 1.14 bits per heavy atom. The van der Waals surface area contributed by atoms with Crippen molar-refractivity contribution in [1.82, 2.24) is 9.97 Å². The molecule has 204 valence electrons. The zero-order chi connectivity index (χ0) is 27.4. The van der Waals surface area contributed by atoms with Gasteiger partial charge in [0.1, 0.15) is 5.75 Å². The van der Waals surface area contributed by atoms with Crippen LogP contribution in [0.15, 0.2) is 24.5 Å². The first-order chi connectivity index (χ1) is 17.3. The summed E-state index contributed by atoms with van der Waals surface area (Å²) in [5, 5.41) is 10.3. The highest BCUT2D eigenvalue weighted by Gasteiger charge is 2.36. The van der Waals surface area contributed by atoms with Crippen molar-refractivity contribution in [3.05, 3.63) is 35.8 Å². The lowest BCUT2D eigenvalue weighted by Gasteiger charge is -2.40. The number of ether oxygens (including phenoxy) is 2. The van der Waals surface area contributed by atoms with Crippen LogP contribution < -0.4 is 9.64 Å². The molecule has 1 aliphatic heterocycles. The Hall–Kier alpha value is -2.67. The molecule has 1 atom stereocenters. The van der Waals surface area contributed by atoms with Crippen molar-refractivity contribution in [3.63, 3.8) is 0 Å². The Morgan fingerprint density at radius 3 is 2.35 bits per heavy atom. The lowest BCUT2D eigenvalue weighted by molar-refractivity contribution is -0.160. The highest BCUT2D eigenvalue weighted by molar-refractivity contribution is 5.85. The van der Waals surface area contributed by atoms with E-state index in [1.165, 1.54) is 0 Å². The van der Waals surface area contributed by atoms with Gasteiger partial charge in [-0.3, -0.25) is 9.97 Å². The summed E-state index contributed by atoms with van der Waals surface area (Å²) in [6.45, 7) is 18.8. The van der Waals surface area contributed by atoms with Gasteiger partial charge in [-0.15, -0.1) is 0 Å². The van der Waals surface area contributed by atoms with Gasteiger partial charge < -0.3 is 19.5 Å². The summed E-state index contributed by atoms with van der Waals surface area (Å²) in [4.78, 5) is 24.2. The van der Waals surface area contributed by atoms with Gasteiger partial charge in [0, 0.05) is 36.1 Å². The van der Waals surface area contributed by atoms with Crippen molar-refractivity contribution in [2.24, 2.45) is 11.3 Å². The van der Waals surface area contributed by atoms with Crippen LogP contribution in [0.5, 0.6) is 5.75 Å². The fourth-order valence-corrected chi connectivity index (χ4v) is 4.68. The zero-order valence-corrected chi connectivity index (χ0v) is 23.9. The van der Waals surface area contributed by atoms with Gasteiger partial charge in [-0.25, -0.2) is 4.79 Å². The summed E-state index contributed by atoms with van der Waals surface area (Å²) in [5.74, 6) is 0.366. The molecule has 0 radical (unpaired) electrons. The molecule has 0 aliphatic carbocycles. The first-order valence-electron chi connectivity index (χ1n) is 13.5. The minimum Gasteiger partial charge on any atom is -0.492 e. The molecule has 1 saturated heterocycles. The van der Waals surface area contributed by atoms with Crippen LogP contribution in [-0.4, -0.2) is 46.3 Å². The van der Waals surface area contributed by atoms with Gasteiger partial charge in [-0.1, -0.05) is 27.7 Å². The van der Waals surface area contributed by atoms with Crippen LogP contribution in [0.25, 0.3) is 11.3 Å². The number of hydrogen-bond acceptors (Lipinski definition) is 6. The zero-order valence-electron chi connectivity index (χ0n) is 23.9. The smallest absolute Gasteiger partial charge is 0.337 e. The predicted molar refractivity (Wildman–Crippen MR) is 148 cm³/mol. The summed E-state index contributed by atoms with van der Waals surface area (Å²) in [5.41, 5.74) is 3.29. The molecule has 2 aromatic heterocycles. The van der Waals surface area contributed by atoms with E-state index in [-0.39, 0.29) is 5.41 Å². The third-order valence-corrected chi connectivity index (χ3v) is 6.89. The van der Waals surface area contributed by atoms with E-state index in [1.807, 2.05) is 46.0 Å². The molecule has 0 saturated carbocycles. The molecule has 3 rings (SSSR count). The number of carboxylic acid groups (broad SMARTS) is 1. The van der Waals surface area contributed by atoms with E-state index in [0.717, 1.165) is 61.5 Å². The molecule has 37 heavy (non-hydrogen) atoms. The number of carbonyl (C=O) groups is 1. The van der Waals surface area contributed by atoms with E-state index in [2.05, 4.69) is 37.6 Å². The molecule has 0 bridgehead atoms. The van der Waals surface area contributed by atoms with Crippen LogP contribution in [-0.2, 0) is 9.53 Å². The number of pyridine rings is 2. The number of rotatable bonds is 10. The summed E-state index contributed by atoms with van der Waals surface area (Å²) >= 11 is 0. The van der Waals surface area contributed by atoms with Crippen molar-refractivity contribution >= 4 is 11.7 Å². The maximum Gasteiger partial charge on any atom is 0.337 e. The Balaban J connectivity index is 2.04. The Morgan fingerprint density at radius 2 is 1.81 bits per heavy atom. The van der Waals surface area contributed by atoms with Crippen molar-refractivity contribution in [2.45, 2.75) is 92.8 Å². The first-order valence-corrected chi connectivity index (χ1v) is 13.5. The lowest BCUT2D eigenvalue weighted by atomic mass is 9.82. The summed E-state index contributed by atoms with van der Waals surface area (Å²) in [7, 11) is 0. The van der Waals surface area contributed by atoms with E-state index in [4.69, 9.17) is 14.5 Å². The summed E-state index contributed by atoms with van der Waals surface area (Å²) in [6.07, 6.45) is 6.58. The Labute approximate surface area is 222 Å². The van der Waals surface area contributed by atoms with Gasteiger partial charge in [0.25, 0.3) is 0 Å². The third-order valence-electron chi connectivity index (χ3n) is 6.89. The fraction of sp³-hybridized carbons (Fsp3) is 0.633. The highest BCUT2D eigenvalue weighted by Crippen LogP contribution is 2.43. The average molecular weight is 512 g/mol. The average Bonchev–Trinajstić information content (AvgIpc) is 2.80. The second kappa shape index (κ2) is 11.8. The molecule has 0 spiro atoms. The minimum absolute atomic E-state index is 0.250. The number of nitrogens with zero attached hydrogens (tertiary/aromatic N) is 3. The standard InChI is InChI=1S/C30H45N3O4/c1-20(2)10-9-17-36-22-11-12-24(32-18-22)23-19-31-21(3)25(27(28(34)35)37-29(4,5)6)26(23)33-15-13-30(7,8)14-16-33/h11-12,18-20,27H,9-10,13-17H2,1-8H3,(H,34,35)/t27-/m0/s1. The Bertz CT molecular complexity index is 1050.